The summed E-state index contributed by atoms with van der Waals surface area (Å²) in [4.78, 5) is 17.7. The highest BCUT2D eigenvalue weighted by atomic mass is 32.2. The Bertz CT molecular complexity index is 1000. The van der Waals surface area contributed by atoms with Crippen LogP contribution < -0.4 is 5.56 Å². The normalized spacial score (nSPS) is 11.0. The number of hydrogen-bond acceptors (Lipinski definition) is 4. The van der Waals surface area contributed by atoms with E-state index in [1.54, 1.807) is 16.3 Å². The smallest absolute Gasteiger partial charge is 0.262 e. The minimum absolute atomic E-state index is 0.0265. The van der Waals surface area contributed by atoms with Gasteiger partial charge in [0, 0.05) is 12.3 Å². The summed E-state index contributed by atoms with van der Waals surface area (Å²) < 4.78 is 1.80. The van der Waals surface area contributed by atoms with Gasteiger partial charge in [0.05, 0.1) is 22.5 Å². The quantitative estimate of drug-likeness (QED) is 0.474. The third-order valence-corrected chi connectivity index (χ3v) is 5.26. The van der Waals surface area contributed by atoms with Gasteiger partial charge in [0.1, 0.15) is 0 Å². The van der Waals surface area contributed by atoms with Gasteiger partial charge < -0.3 is 0 Å². The van der Waals surface area contributed by atoms with E-state index in [0.29, 0.717) is 29.2 Å². The molecular formula is C21H21N3OS. The first-order valence-electron chi connectivity index (χ1n) is 8.70. The van der Waals surface area contributed by atoms with Crippen molar-refractivity contribution < 1.29 is 0 Å². The monoisotopic (exact) mass is 363 g/mol. The number of aromatic nitrogens is 2. The summed E-state index contributed by atoms with van der Waals surface area (Å²) in [6.45, 7) is 4.98. The highest BCUT2D eigenvalue weighted by Crippen LogP contribution is 2.23. The number of fused-ring (bicyclic) bond motifs is 1. The Morgan fingerprint density at radius 3 is 2.58 bits per heavy atom. The Morgan fingerprint density at radius 2 is 1.88 bits per heavy atom. The molecule has 0 atom stereocenters. The van der Waals surface area contributed by atoms with E-state index in [9.17, 15) is 4.79 Å². The number of para-hydroxylation sites is 1. The second-order valence-corrected chi connectivity index (χ2v) is 7.59. The molecule has 1 aromatic heterocycles. The fraction of sp³-hybridized carbons (Fsp3) is 0.286. The van der Waals surface area contributed by atoms with Crippen LogP contribution in [0.2, 0.25) is 0 Å². The Balaban J connectivity index is 1.92. The lowest BCUT2D eigenvalue weighted by Crippen LogP contribution is -2.24. The van der Waals surface area contributed by atoms with Gasteiger partial charge in [-0.2, -0.15) is 5.26 Å². The van der Waals surface area contributed by atoms with Gasteiger partial charge in [-0.25, -0.2) is 4.98 Å². The van der Waals surface area contributed by atoms with Gasteiger partial charge in [-0.05, 0) is 42.2 Å². The van der Waals surface area contributed by atoms with E-state index in [1.807, 2.05) is 48.5 Å². The van der Waals surface area contributed by atoms with Crippen molar-refractivity contribution >= 4 is 22.7 Å². The van der Waals surface area contributed by atoms with Crippen molar-refractivity contribution in [1.29, 1.82) is 5.26 Å². The zero-order chi connectivity index (χ0) is 18.5. The molecule has 0 aliphatic rings. The van der Waals surface area contributed by atoms with Crippen molar-refractivity contribution in [2.75, 3.05) is 0 Å². The van der Waals surface area contributed by atoms with Gasteiger partial charge in [0.2, 0.25) is 0 Å². The molecular weight excluding hydrogens is 342 g/mol. The van der Waals surface area contributed by atoms with Crippen LogP contribution >= 0.6 is 11.8 Å². The maximum Gasteiger partial charge on any atom is 0.262 e. The van der Waals surface area contributed by atoms with E-state index in [0.717, 1.165) is 22.7 Å². The van der Waals surface area contributed by atoms with Gasteiger partial charge in [-0.3, -0.25) is 9.36 Å². The van der Waals surface area contributed by atoms with Crippen LogP contribution in [-0.4, -0.2) is 9.55 Å². The minimum Gasteiger partial charge on any atom is -0.287 e. The Kier molecular flexibility index (Phi) is 5.75. The summed E-state index contributed by atoms with van der Waals surface area (Å²) in [6.07, 6.45) is 0.935. The maximum atomic E-state index is 12.9. The molecule has 5 heteroatoms. The molecule has 0 unspecified atom stereocenters. The lowest BCUT2D eigenvalue weighted by Gasteiger charge is -2.14. The molecule has 0 spiro atoms. The molecule has 3 rings (SSSR count). The molecule has 4 nitrogen and oxygen atoms in total. The molecule has 1 heterocycles. The van der Waals surface area contributed by atoms with Crippen molar-refractivity contribution in [3.63, 3.8) is 0 Å². The standard InChI is InChI=1S/C21H21N3OS/c1-15(2)11-12-24-20(25)18-5-3-4-6-19(18)23-21(24)26-14-17-9-7-16(13-22)8-10-17/h3-10,15H,11-12,14H2,1-2H3. The molecule has 0 radical (unpaired) electrons. The van der Waals surface area contributed by atoms with E-state index in [2.05, 4.69) is 19.9 Å². The Labute approximate surface area is 157 Å². The third kappa shape index (κ3) is 4.14. The first-order chi connectivity index (χ1) is 12.6. The van der Waals surface area contributed by atoms with Crippen LogP contribution in [0.15, 0.2) is 58.5 Å². The number of hydrogen-bond donors (Lipinski definition) is 0. The molecule has 0 saturated carbocycles. The van der Waals surface area contributed by atoms with E-state index >= 15 is 0 Å². The molecule has 0 amide bonds. The largest absolute Gasteiger partial charge is 0.287 e. The summed E-state index contributed by atoms with van der Waals surface area (Å²) in [5.41, 5.74) is 2.52. The van der Waals surface area contributed by atoms with Gasteiger partial charge in [-0.1, -0.05) is 49.9 Å². The van der Waals surface area contributed by atoms with Crippen molar-refractivity contribution in [3.8, 4) is 6.07 Å². The van der Waals surface area contributed by atoms with Crippen LogP contribution in [-0.2, 0) is 12.3 Å². The second-order valence-electron chi connectivity index (χ2n) is 6.65. The maximum absolute atomic E-state index is 12.9. The number of rotatable bonds is 6. The molecule has 3 aromatic rings. The zero-order valence-electron chi connectivity index (χ0n) is 15.0. The fourth-order valence-corrected chi connectivity index (χ4v) is 3.65. The summed E-state index contributed by atoms with van der Waals surface area (Å²) in [5, 5.41) is 10.3. The summed E-state index contributed by atoms with van der Waals surface area (Å²) in [7, 11) is 0. The average Bonchev–Trinajstić information content (AvgIpc) is 2.66. The first-order valence-corrected chi connectivity index (χ1v) is 9.68. The van der Waals surface area contributed by atoms with Gasteiger partial charge in [0.25, 0.3) is 5.56 Å². The van der Waals surface area contributed by atoms with Crippen LogP contribution in [0.5, 0.6) is 0 Å². The number of nitriles is 1. The van der Waals surface area contributed by atoms with Crippen LogP contribution in [0.25, 0.3) is 10.9 Å². The van der Waals surface area contributed by atoms with Crippen molar-refractivity contribution in [3.05, 3.63) is 70.0 Å². The second kappa shape index (κ2) is 8.20. The third-order valence-electron chi connectivity index (χ3n) is 4.21. The van der Waals surface area contributed by atoms with E-state index in [1.165, 1.54) is 0 Å². The molecule has 0 bridgehead atoms. The topological polar surface area (TPSA) is 58.7 Å². The molecule has 0 aliphatic carbocycles. The Morgan fingerprint density at radius 1 is 1.15 bits per heavy atom. The van der Waals surface area contributed by atoms with E-state index in [4.69, 9.17) is 10.2 Å². The SMILES string of the molecule is CC(C)CCn1c(SCc2ccc(C#N)cc2)nc2ccccc2c1=O. The molecule has 26 heavy (non-hydrogen) atoms. The predicted molar refractivity (Wildman–Crippen MR) is 106 cm³/mol. The fourth-order valence-electron chi connectivity index (χ4n) is 2.67. The van der Waals surface area contributed by atoms with Crippen molar-refractivity contribution in [2.45, 2.75) is 37.7 Å². The van der Waals surface area contributed by atoms with Crippen LogP contribution in [0.1, 0.15) is 31.4 Å². The summed E-state index contributed by atoms with van der Waals surface area (Å²) in [5.74, 6) is 1.22. The molecule has 0 fully saturated rings. The van der Waals surface area contributed by atoms with Gasteiger partial charge in [-0.15, -0.1) is 0 Å². The van der Waals surface area contributed by atoms with Gasteiger partial charge >= 0.3 is 0 Å². The molecule has 0 saturated heterocycles. The number of thioether (sulfide) groups is 1. The molecule has 2 aromatic carbocycles. The average molecular weight is 363 g/mol. The van der Waals surface area contributed by atoms with E-state index < -0.39 is 0 Å². The van der Waals surface area contributed by atoms with Crippen LogP contribution in [0.4, 0.5) is 0 Å². The lowest BCUT2D eigenvalue weighted by atomic mass is 10.1. The summed E-state index contributed by atoms with van der Waals surface area (Å²) >= 11 is 1.56. The lowest BCUT2D eigenvalue weighted by molar-refractivity contribution is 0.481. The van der Waals surface area contributed by atoms with E-state index in [-0.39, 0.29) is 5.56 Å². The Hall–Kier alpha value is -2.58. The van der Waals surface area contributed by atoms with Crippen LogP contribution in [0, 0.1) is 17.2 Å². The first kappa shape index (κ1) is 18.2. The zero-order valence-corrected chi connectivity index (χ0v) is 15.8. The molecule has 0 N–H and O–H groups in total. The van der Waals surface area contributed by atoms with Crippen LogP contribution in [0.3, 0.4) is 0 Å². The highest BCUT2D eigenvalue weighted by molar-refractivity contribution is 7.98. The summed E-state index contributed by atoms with van der Waals surface area (Å²) in [6, 6.07) is 17.2. The highest BCUT2D eigenvalue weighted by Gasteiger charge is 2.12. The van der Waals surface area contributed by atoms with Gasteiger partial charge in [0.15, 0.2) is 5.16 Å². The molecule has 132 valence electrons. The number of nitrogens with zero attached hydrogens (tertiary/aromatic N) is 3. The predicted octanol–water partition coefficient (Wildman–Crippen LogP) is 4.61. The molecule has 0 aliphatic heterocycles. The van der Waals surface area contributed by atoms with Crippen molar-refractivity contribution in [2.24, 2.45) is 5.92 Å². The van der Waals surface area contributed by atoms with Crippen molar-refractivity contribution in [1.82, 2.24) is 9.55 Å². The number of benzene rings is 2. The minimum atomic E-state index is 0.0265.